The van der Waals surface area contributed by atoms with Gasteiger partial charge in [0.25, 0.3) is 0 Å². The van der Waals surface area contributed by atoms with Gasteiger partial charge in [0.2, 0.25) is 0 Å². The summed E-state index contributed by atoms with van der Waals surface area (Å²) in [6, 6.07) is 0. The standard InChI is InChI=1S/C20H30O8/c1-7-13-19(15(21)25-9-3,16(22)26-10-4)20(14-8-2,17(23)27-11-5)18(24)28-12-6/h7-8H,1-2,9-14H2,3-6H3. The van der Waals surface area contributed by atoms with Gasteiger partial charge in [-0.15, -0.1) is 13.2 Å². The lowest BCUT2D eigenvalue weighted by atomic mass is 9.59. The van der Waals surface area contributed by atoms with Crippen LogP contribution in [0.4, 0.5) is 0 Å². The molecule has 0 amide bonds. The Labute approximate surface area is 165 Å². The predicted molar refractivity (Wildman–Crippen MR) is 101 cm³/mol. The Morgan fingerprint density at radius 3 is 0.964 bits per heavy atom. The summed E-state index contributed by atoms with van der Waals surface area (Å²) in [6.07, 6.45) is 1.67. The molecule has 158 valence electrons. The minimum absolute atomic E-state index is 0.0903. The Balaban J connectivity index is 7.19. The van der Waals surface area contributed by atoms with Gasteiger partial charge in [-0.1, -0.05) is 12.2 Å². The number of allylic oxidation sites excluding steroid dienone is 2. The fourth-order valence-corrected chi connectivity index (χ4v) is 3.00. The van der Waals surface area contributed by atoms with Crippen LogP contribution >= 0.6 is 0 Å². The topological polar surface area (TPSA) is 105 Å². The largest absolute Gasteiger partial charge is 0.465 e. The van der Waals surface area contributed by atoms with Crippen LogP contribution in [0.15, 0.2) is 25.3 Å². The molecule has 0 aromatic rings. The molecule has 0 aromatic carbocycles. The fraction of sp³-hybridized carbons (Fsp3) is 0.600. The lowest BCUT2D eigenvalue weighted by molar-refractivity contribution is -0.203. The fourth-order valence-electron chi connectivity index (χ4n) is 3.00. The molecule has 0 aliphatic carbocycles. The molecule has 0 heterocycles. The summed E-state index contributed by atoms with van der Waals surface area (Å²) < 4.78 is 20.4. The molecule has 0 fully saturated rings. The number of rotatable bonds is 13. The average molecular weight is 398 g/mol. The normalized spacial score (nSPS) is 11.1. The molecule has 8 heteroatoms. The first-order chi connectivity index (χ1) is 13.3. The summed E-state index contributed by atoms with van der Waals surface area (Å²) in [5.41, 5.74) is -4.76. The number of carbonyl (C=O) groups excluding carboxylic acids is 4. The van der Waals surface area contributed by atoms with Gasteiger partial charge in [0.1, 0.15) is 0 Å². The van der Waals surface area contributed by atoms with E-state index in [-0.39, 0.29) is 26.4 Å². The van der Waals surface area contributed by atoms with Crippen molar-refractivity contribution >= 4 is 23.9 Å². The van der Waals surface area contributed by atoms with E-state index in [1.807, 2.05) is 0 Å². The van der Waals surface area contributed by atoms with E-state index >= 15 is 0 Å². The van der Waals surface area contributed by atoms with Crippen LogP contribution in [0.25, 0.3) is 0 Å². The Morgan fingerprint density at radius 1 is 0.607 bits per heavy atom. The van der Waals surface area contributed by atoms with Gasteiger partial charge in [0.15, 0.2) is 10.8 Å². The van der Waals surface area contributed by atoms with Crippen LogP contribution < -0.4 is 0 Å². The summed E-state index contributed by atoms with van der Waals surface area (Å²) >= 11 is 0. The van der Waals surface area contributed by atoms with Crippen molar-refractivity contribution in [3.05, 3.63) is 25.3 Å². The maximum absolute atomic E-state index is 13.1. The highest BCUT2D eigenvalue weighted by molar-refractivity contribution is 6.14. The van der Waals surface area contributed by atoms with E-state index in [0.717, 1.165) is 0 Å². The number of carbonyl (C=O) groups is 4. The molecular formula is C20H30O8. The zero-order chi connectivity index (χ0) is 21.8. The van der Waals surface area contributed by atoms with Crippen LogP contribution in [0, 0.1) is 10.8 Å². The number of esters is 4. The van der Waals surface area contributed by atoms with Crippen LogP contribution in [0.2, 0.25) is 0 Å². The van der Waals surface area contributed by atoms with Crippen molar-refractivity contribution in [2.45, 2.75) is 40.5 Å². The Morgan fingerprint density at radius 2 is 0.821 bits per heavy atom. The second-order valence-corrected chi connectivity index (χ2v) is 5.68. The zero-order valence-corrected chi connectivity index (χ0v) is 17.1. The van der Waals surface area contributed by atoms with Crippen molar-refractivity contribution in [3.63, 3.8) is 0 Å². The molecule has 28 heavy (non-hydrogen) atoms. The molecule has 0 saturated carbocycles. The van der Waals surface area contributed by atoms with E-state index in [4.69, 9.17) is 18.9 Å². The first kappa shape index (κ1) is 25.4. The van der Waals surface area contributed by atoms with Gasteiger partial charge in [-0.05, 0) is 40.5 Å². The van der Waals surface area contributed by atoms with Crippen molar-refractivity contribution in [3.8, 4) is 0 Å². The molecule has 0 N–H and O–H groups in total. The van der Waals surface area contributed by atoms with Gasteiger partial charge in [-0.2, -0.15) is 0 Å². The summed E-state index contributed by atoms with van der Waals surface area (Å²) in [5, 5.41) is 0. The quantitative estimate of drug-likeness (QED) is 0.201. The maximum Gasteiger partial charge on any atom is 0.325 e. The Hall–Kier alpha value is -2.64. The lowest BCUT2D eigenvalue weighted by Crippen LogP contribution is -2.62. The maximum atomic E-state index is 13.1. The van der Waals surface area contributed by atoms with E-state index in [0.29, 0.717) is 0 Å². The van der Waals surface area contributed by atoms with Crippen molar-refractivity contribution in [2.75, 3.05) is 26.4 Å². The second kappa shape index (κ2) is 11.9. The van der Waals surface area contributed by atoms with Crippen LogP contribution in [0.3, 0.4) is 0 Å². The minimum Gasteiger partial charge on any atom is -0.465 e. The SMILES string of the molecule is C=CCC(C(=O)OCC)(C(=O)OCC)C(CC=C)(C(=O)OCC)C(=O)OCC. The van der Waals surface area contributed by atoms with Crippen LogP contribution in [-0.2, 0) is 38.1 Å². The van der Waals surface area contributed by atoms with Crippen LogP contribution in [0.1, 0.15) is 40.5 Å². The highest BCUT2D eigenvalue weighted by atomic mass is 16.6. The third kappa shape index (κ3) is 4.61. The monoisotopic (exact) mass is 398 g/mol. The van der Waals surface area contributed by atoms with Gasteiger partial charge in [-0.25, -0.2) is 0 Å². The van der Waals surface area contributed by atoms with E-state index in [1.165, 1.54) is 39.8 Å². The van der Waals surface area contributed by atoms with Crippen molar-refractivity contribution < 1.29 is 38.1 Å². The predicted octanol–water partition coefficient (Wildman–Crippen LogP) is 2.36. The summed E-state index contributed by atoms with van der Waals surface area (Å²) in [6.45, 7) is 12.9. The highest BCUT2D eigenvalue weighted by Gasteiger charge is 2.72. The Bertz CT molecular complexity index is 505. The van der Waals surface area contributed by atoms with Gasteiger partial charge in [0, 0.05) is 0 Å². The molecule has 0 aromatic heterocycles. The smallest absolute Gasteiger partial charge is 0.325 e. The summed E-state index contributed by atoms with van der Waals surface area (Å²) in [7, 11) is 0. The lowest BCUT2D eigenvalue weighted by Gasteiger charge is -2.41. The molecule has 8 nitrogen and oxygen atoms in total. The molecule has 0 spiro atoms. The minimum atomic E-state index is -2.38. The number of hydrogen-bond donors (Lipinski definition) is 0. The zero-order valence-electron chi connectivity index (χ0n) is 17.1. The van der Waals surface area contributed by atoms with E-state index < -0.39 is 47.5 Å². The van der Waals surface area contributed by atoms with E-state index in [2.05, 4.69) is 13.2 Å². The third-order valence-electron chi connectivity index (χ3n) is 4.13. The first-order valence-corrected chi connectivity index (χ1v) is 9.21. The molecule has 0 radical (unpaired) electrons. The van der Waals surface area contributed by atoms with Crippen LogP contribution in [-0.4, -0.2) is 50.3 Å². The van der Waals surface area contributed by atoms with Crippen molar-refractivity contribution in [1.82, 2.24) is 0 Å². The van der Waals surface area contributed by atoms with Gasteiger partial charge < -0.3 is 18.9 Å². The number of ether oxygens (including phenoxy) is 4. The van der Waals surface area contributed by atoms with Gasteiger partial charge in [0.05, 0.1) is 26.4 Å². The molecular weight excluding hydrogens is 368 g/mol. The molecule has 0 bridgehead atoms. The average Bonchev–Trinajstić information content (AvgIpc) is 2.65. The molecule has 0 unspecified atom stereocenters. The van der Waals surface area contributed by atoms with E-state index in [9.17, 15) is 19.2 Å². The molecule has 0 saturated heterocycles. The van der Waals surface area contributed by atoms with E-state index in [1.54, 1.807) is 0 Å². The molecule has 0 rings (SSSR count). The number of hydrogen-bond acceptors (Lipinski definition) is 8. The van der Waals surface area contributed by atoms with Crippen molar-refractivity contribution in [1.29, 1.82) is 0 Å². The first-order valence-electron chi connectivity index (χ1n) is 9.21. The van der Waals surface area contributed by atoms with Gasteiger partial charge in [-0.3, -0.25) is 19.2 Å². The van der Waals surface area contributed by atoms with Crippen molar-refractivity contribution in [2.24, 2.45) is 10.8 Å². The molecule has 0 aliphatic heterocycles. The van der Waals surface area contributed by atoms with Crippen LogP contribution in [0.5, 0.6) is 0 Å². The summed E-state index contributed by atoms with van der Waals surface area (Å²) in [4.78, 5) is 52.4. The van der Waals surface area contributed by atoms with Gasteiger partial charge >= 0.3 is 23.9 Å². The second-order valence-electron chi connectivity index (χ2n) is 5.68. The summed E-state index contributed by atoms with van der Waals surface area (Å²) in [5.74, 6) is -4.40. The third-order valence-corrected chi connectivity index (χ3v) is 4.13. The molecule has 0 atom stereocenters. The highest BCUT2D eigenvalue weighted by Crippen LogP contribution is 2.50. The Kier molecular flexibility index (Phi) is 10.8. The molecule has 0 aliphatic rings.